The number of anilines is 1. The van der Waals surface area contributed by atoms with Crippen LogP contribution in [0.4, 0.5) is 5.69 Å². The van der Waals surface area contributed by atoms with E-state index in [-0.39, 0.29) is 12.5 Å². The van der Waals surface area contributed by atoms with Crippen LogP contribution in [0.3, 0.4) is 0 Å². The molecule has 0 aliphatic rings. The van der Waals surface area contributed by atoms with Crippen LogP contribution < -0.4 is 10.1 Å². The van der Waals surface area contributed by atoms with Gasteiger partial charge in [-0.25, -0.2) is 4.79 Å². The molecule has 0 unspecified atom stereocenters. The van der Waals surface area contributed by atoms with E-state index in [9.17, 15) is 9.59 Å². The van der Waals surface area contributed by atoms with Crippen molar-refractivity contribution in [3.8, 4) is 5.75 Å². The second kappa shape index (κ2) is 7.65. The first-order chi connectivity index (χ1) is 11.0. The summed E-state index contributed by atoms with van der Waals surface area (Å²) in [6, 6.07) is 11.6. The van der Waals surface area contributed by atoms with Crippen molar-refractivity contribution in [3.05, 3.63) is 58.6 Å². The van der Waals surface area contributed by atoms with Gasteiger partial charge in [-0.2, -0.15) is 0 Å². The molecule has 0 radical (unpaired) electrons. The van der Waals surface area contributed by atoms with E-state index in [1.54, 1.807) is 36.4 Å². The zero-order valence-electron chi connectivity index (χ0n) is 12.8. The number of halogens is 1. The van der Waals surface area contributed by atoms with Gasteiger partial charge in [0, 0.05) is 10.7 Å². The number of hydrogen-bond acceptors (Lipinski definition) is 4. The van der Waals surface area contributed by atoms with Gasteiger partial charge in [-0.05, 0) is 48.9 Å². The van der Waals surface area contributed by atoms with Gasteiger partial charge in [-0.15, -0.1) is 0 Å². The first-order valence-corrected chi connectivity index (χ1v) is 7.24. The van der Waals surface area contributed by atoms with Crippen molar-refractivity contribution < 1.29 is 19.1 Å². The van der Waals surface area contributed by atoms with Crippen LogP contribution in [0.1, 0.15) is 15.9 Å². The lowest BCUT2D eigenvalue weighted by Gasteiger charge is -2.10. The molecule has 0 aliphatic heterocycles. The quantitative estimate of drug-likeness (QED) is 0.851. The lowest BCUT2D eigenvalue weighted by molar-refractivity contribution is -0.118. The van der Waals surface area contributed by atoms with Crippen LogP contribution >= 0.6 is 11.6 Å². The standard InChI is InChI=1S/C17H16ClNO4/c1-11-8-13(18)6-7-15(11)23-10-16(20)19-14-5-3-4-12(9-14)17(21)22-2/h3-9H,10H2,1-2H3,(H,19,20). The Morgan fingerprint density at radius 2 is 1.96 bits per heavy atom. The van der Waals surface area contributed by atoms with Gasteiger partial charge < -0.3 is 14.8 Å². The number of carbonyl (C=O) groups is 2. The highest BCUT2D eigenvalue weighted by atomic mass is 35.5. The van der Waals surface area contributed by atoms with Gasteiger partial charge in [0.05, 0.1) is 12.7 Å². The highest BCUT2D eigenvalue weighted by Crippen LogP contribution is 2.21. The molecular formula is C17H16ClNO4. The van der Waals surface area contributed by atoms with Crippen molar-refractivity contribution in [2.24, 2.45) is 0 Å². The summed E-state index contributed by atoms with van der Waals surface area (Å²) < 4.78 is 10.1. The number of amides is 1. The predicted octanol–water partition coefficient (Wildman–Crippen LogP) is 3.45. The molecule has 0 spiro atoms. The normalized spacial score (nSPS) is 10.0. The molecule has 23 heavy (non-hydrogen) atoms. The van der Waals surface area contributed by atoms with Gasteiger partial charge in [0.25, 0.3) is 5.91 Å². The molecule has 120 valence electrons. The first-order valence-electron chi connectivity index (χ1n) is 6.87. The van der Waals surface area contributed by atoms with Crippen molar-refractivity contribution in [2.75, 3.05) is 19.0 Å². The van der Waals surface area contributed by atoms with Crippen LogP contribution in [0.5, 0.6) is 5.75 Å². The highest BCUT2D eigenvalue weighted by Gasteiger charge is 2.09. The van der Waals surface area contributed by atoms with Gasteiger partial charge in [-0.1, -0.05) is 17.7 Å². The van der Waals surface area contributed by atoms with E-state index < -0.39 is 5.97 Å². The lowest BCUT2D eigenvalue weighted by atomic mass is 10.2. The van der Waals surface area contributed by atoms with E-state index >= 15 is 0 Å². The highest BCUT2D eigenvalue weighted by molar-refractivity contribution is 6.30. The van der Waals surface area contributed by atoms with Gasteiger partial charge >= 0.3 is 5.97 Å². The number of benzene rings is 2. The second-order valence-electron chi connectivity index (χ2n) is 4.82. The topological polar surface area (TPSA) is 64.6 Å². The largest absolute Gasteiger partial charge is 0.483 e. The molecular weight excluding hydrogens is 318 g/mol. The fourth-order valence-electron chi connectivity index (χ4n) is 1.96. The Hall–Kier alpha value is -2.53. The summed E-state index contributed by atoms with van der Waals surface area (Å²) >= 11 is 5.87. The first kappa shape index (κ1) is 16.8. The molecule has 2 aromatic carbocycles. The minimum atomic E-state index is -0.464. The SMILES string of the molecule is COC(=O)c1cccc(NC(=O)COc2ccc(Cl)cc2C)c1. The maximum absolute atomic E-state index is 11.9. The van der Waals surface area contributed by atoms with E-state index in [1.165, 1.54) is 13.2 Å². The summed E-state index contributed by atoms with van der Waals surface area (Å²) in [4.78, 5) is 23.4. The average molecular weight is 334 g/mol. The third-order valence-corrected chi connectivity index (χ3v) is 3.30. The Morgan fingerprint density at radius 3 is 2.65 bits per heavy atom. The van der Waals surface area contributed by atoms with Crippen LogP contribution in [0.15, 0.2) is 42.5 Å². The number of nitrogens with one attached hydrogen (secondary N) is 1. The van der Waals surface area contributed by atoms with Crippen LogP contribution in [-0.4, -0.2) is 25.6 Å². The molecule has 0 atom stereocenters. The van der Waals surface area contributed by atoms with Gasteiger partial charge in [0.1, 0.15) is 5.75 Å². The Morgan fingerprint density at radius 1 is 1.17 bits per heavy atom. The van der Waals surface area contributed by atoms with Crippen LogP contribution in [-0.2, 0) is 9.53 Å². The Balaban J connectivity index is 1.96. The van der Waals surface area contributed by atoms with Crippen LogP contribution in [0.25, 0.3) is 0 Å². The molecule has 0 fully saturated rings. The second-order valence-corrected chi connectivity index (χ2v) is 5.26. The molecule has 5 nitrogen and oxygen atoms in total. The third kappa shape index (κ3) is 4.72. The van der Waals surface area contributed by atoms with Gasteiger partial charge in [0.15, 0.2) is 6.61 Å². The van der Waals surface area contributed by atoms with Crippen LogP contribution in [0, 0.1) is 6.92 Å². The maximum Gasteiger partial charge on any atom is 0.337 e. The van der Waals surface area contributed by atoms with Crippen molar-refractivity contribution in [2.45, 2.75) is 6.92 Å². The minimum Gasteiger partial charge on any atom is -0.483 e. The zero-order chi connectivity index (χ0) is 16.8. The monoisotopic (exact) mass is 333 g/mol. The molecule has 2 aromatic rings. The summed E-state index contributed by atoms with van der Waals surface area (Å²) in [5.74, 6) is -0.205. The molecule has 0 bridgehead atoms. The summed E-state index contributed by atoms with van der Waals surface area (Å²) in [5.41, 5.74) is 1.70. The number of esters is 1. The minimum absolute atomic E-state index is 0.148. The van der Waals surface area contributed by atoms with Crippen LogP contribution in [0.2, 0.25) is 5.02 Å². The smallest absolute Gasteiger partial charge is 0.337 e. The lowest BCUT2D eigenvalue weighted by Crippen LogP contribution is -2.20. The molecule has 0 saturated heterocycles. The van der Waals surface area contributed by atoms with Crippen molar-refractivity contribution in [1.82, 2.24) is 0 Å². The molecule has 1 N–H and O–H groups in total. The fraction of sp³-hybridized carbons (Fsp3) is 0.176. The predicted molar refractivity (Wildman–Crippen MR) is 88.1 cm³/mol. The molecule has 0 saturated carbocycles. The number of ether oxygens (including phenoxy) is 2. The Bertz CT molecular complexity index is 730. The van der Waals surface area contributed by atoms with E-state index in [1.807, 2.05) is 6.92 Å². The summed E-state index contributed by atoms with van der Waals surface area (Å²) in [6.45, 7) is 1.70. The number of hydrogen-bond donors (Lipinski definition) is 1. The molecule has 0 heterocycles. The summed E-state index contributed by atoms with van der Waals surface area (Å²) in [5, 5.41) is 3.27. The summed E-state index contributed by atoms with van der Waals surface area (Å²) in [7, 11) is 1.30. The zero-order valence-corrected chi connectivity index (χ0v) is 13.5. The molecule has 0 aromatic heterocycles. The number of rotatable bonds is 5. The van der Waals surface area contributed by atoms with E-state index in [4.69, 9.17) is 16.3 Å². The van der Waals surface area contributed by atoms with Gasteiger partial charge in [0.2, 0.25) is 0 Å². The average Bonchev–Trinajstić information content (AvgIpc) is 2.53. The third-order valence-electron chi connectivity index (χ3n) is 3.06. The molecule has 1 amide bonds. The van der Waals surface area contributed by atoms with Crippen molar-refractivity contribution in [1.29, 1.82) is 0 Å². The van der Waals surface area contributed by atoms with E-state index in [2.05, 4.69) is 10.1 Å². The maximum atomic E-state index is 11.9. The fourth-order valence-corrected chi connectivity index (χ4v) is 2.18. The van der Waals surface area contributed by atoms with E-state index in [0.717, 1.165) is 5.56 Å². The molecule has 6 heteroatoms. The Kier molecular flexibility index (Phi) is 5.60. The van der Waals surface area contributed by atoms with Gasteiger partial charge in [-0.3, -0.25) is 4.79 Å². The Labute approximate surface area is 139 Å². The summed E-state index contributed by atoms with van der Waals surface area (Å²) in [6.07, 6.45) is 0. The van der Waals surface area contributed by atoms with Crippen molar-refractivity contribution in [3.63, 3.8) is 0 Å². The van der Waals surface area contributed by atoms with Crippen molar-refractivity contribution >= 4 is 29.2 Å². The molecule has 0 aliphatic carbocycles. The number of methoxy groups -OCH3 is 1. The van der Waals surface area contributed by atoms with E-state index in [0.29, 0.717) is 22.0 Å². The molecule has 2 rings (SSSR count). The number of carbonyl (C=O) groups excluding carboxylic acids is 2. The number of aryl methyl sites for hydroxylation is 1.